The maximum absolute atomic E-state index is 12.2. The van der Waals surface area contributed by atoms with Crippen molar-refractivity contribution in [2.24, 2.45) is 5.73 Å². The number of nitrogens with one attached hydrogen (secondary N) is 1. The standard InChI is InChI=1S/C10H13F3N4O4/c1-2-5-7(8(9(14)18)16-15-5)6(3-17(19)20)21-4-10(11,12)13/h6H,2-4H2,1H3,(H2,14,18)(H,15,16). The Morgan fingerprint density at radius 3 is 2.62 bits per heavy atom. The number of rotatable bonds is 7. The summed E-state index contributed by atoms with van der Waals surface area (Å²) in [6, 6.07) is 0. The van der Waals surface area contributed by atoms with Gasteiger partial charge in [-0.2, -0.15) is 18.3 Å². The Hall–Kier alpha value is -2.17. The molecular weight excluding hydrogens is 297 g/mol. The summed E-state index contributed by atoms with van der Waals surface area (Å²) in [4.78, 5) is 21.0. The summed E-state index contributed by atoms with van der Waals surface area (Å²) < 4.78 is 41.2. The highest BCUT2D eigenvalue weighted by Gasteiger charge is 2.34. The van der Waals surface area contributed by atoms with Gasteiger partial charge in [-0.05, 0) is 6.42 Å². The number of ether oxygens (including phenoxy) is 1. The van der Waals surface area contributed by atoms with Crippen molar-refractivity contribution in [1.29, 1.82) is 0 Å². The van der Waals surface area contributed by atoms with Crippen molar-refractivity contribution >= 4 is 5.91 Å². The SMILES string of the molecule is CCc1[nH]nc(C(N)=O)c1C(C[N+](=O)[O-])OCC(F)(F)F. The minimum Gasteiger partial charge on any atom is -0.364 e. The van der Waals surface area contributed by atoms with E-state index in [1.165, 1.54) is 0 Å². The van der Waals surface area contributed by atoms with E-state index >= 15 is 0 Å². The first kappa shape index (κ1) is 16.9. The number of nitro groups is 1. The molecule has 0 aliphatic heterocycles. The molecule has 1 aromatic heterocycles. The molecule has 0 saturated carbocycles. The fourth-order valence-corrected chi connectivity index (χ4v) is 1.75. The first-order valence-electron chi connectivity index (χ1n) is 5.82. The van der Waals surface area contributed by atoms with Crippen LogP contribution in [0.2, 0.25) is 0 Å². The second-order valence-electron chi connectivity index (χ2n) is 4.11. The van der Waals surface area contributed by atoms with Crippen LogP contribution < -0.4 is 5.73 Å². The Labute approximate surface area is 116 Å². The first-order chi connectivity index (χ1) is 9.65. The highest BCUT2D eigenvalue weighted by molar-refractivity contribution is 5.92. The molecule has 8 nitrogen and oxygen atoms in total. The second-order valence-corrected chi connectivity index (χ2v) is 4.11. The number of halogens is 3. The average Bonchev–Trinajstić information content (AvgIpc) is 2.76. The monoisotopic (exact) mass is 310 g/mol. The van der Waals surface area contributed by atoms with Crippen LogP contribution in [0.4, 0.5) is 13.2 Å². The van der Waals surface area contributed by atoms with Gasteiger partial charge >= 0.3 is 6.18 Å². The van der Waals surface area contributed by atoms with Crippen LogP contribution in [-0.2, 0) is 11.2 Å². The van der Waals surface area contributed by atoms with E-state index in [9.17, 15) is 28.1 Å². The molecule has 1 rings (SSSR count). The molecule has 0 aromatic carbocycles. The van der Waals surface area contributed by atoms with E-state index in [2.05, 4.69) is 14.9 Å². The zero-order valence-corrected chi connectivity index (χ0v) is 10.9. The van der Waals surface area contributed by atoms with E-state index in [1.54, 1.807) is 6.92 Å². The van der Waals surface area contributed by atoms with Gasteiger partial charge in [0.25, 0.3) is 5.91 Å². The molecule has 1 atom stereocenters. The third-order valence-electron chi connectivity index (χ3n) is 2.55. The van der Waals surface area contributed by atoms with Gasteiger partial charge in [0.2, 0.25) is 6.54 Å². The highest BCUT2D eigenvalue weighted by atomic mass is 19.4. The van der Waals surface area contributed by atoms with Gasteiger partial charge in [-0.25, -0.2) is 0 Å². The van der Waals surface area contributed by atoms with Crippen LogP contribution in [0.1, 0.15) is 34.8 Å². The number of carbonyl (C=O) groups excluding carboxylic acids is 1. The van der Waals surface area contributed by atoms with Crippen molar-refractivity contribution in [1.82, 2.24) is 10.2 Å². The van der Waals surface area contributed by atoms with Crippen molar-refractivity contribution < 1.29 is 27.6 Å². The van der Waals surface area contributed by atoms with E-state index in [0.717, 1.165) is 0 Å². The molecular formula is C10H13F3N4O4. The molecule has 0 aliphatic rings. The van der Waals surface area contributed by atoms with Crippen LogP contribution in [0.25, 0.3) is 0 Å². The lowest BCUT2D eigenvalue weighted by Crippen LogP contribution is -2.26. The van der Waals surface area contributed by atoms with E-state index < -0.39 is 36.3 Å². The van der Waals surface area contributed by atoms with Crippen LogP contribution >= 0.6 is 0 Å². The van der Waals surface area contributed by atoms with E-state index in [4.69, 9.17) is 5.73 Å². The Balaban J connectivity index is 3.15. The lowest BCUT2D eigenvalue weighted by molar-refractivity contribution is -0.493. The molecule has 0 aliphatic carbocycles. The summed E-state index contributed by atoms with van der Waals surface area (Å²) >= 11 is 0. The minimum absolute atomic E-state index is 0.106. The molecule has 0 fully saturated rings. The molecule has 21 heavy (non-hydrogen) atoms. The number of primary amides is 1. The van der Waals surface area contributed by atoms with Crippen molar-refractivity contribution in [2.75, 3.05) is 13.2 Å². The van der Waals surface area contributed by atoms with Crippen molar-refractivity contribution in [3.8, 4) is 0 Å². The summed E-state index contributed by atoms with van der Waals surface area (Å²) in [6.45, 7) is -0.990. The lowest BCUT2D eigenvalue weighted by Gasteiger charge is -2.16. The summed E-state index contributed by atoms with van der Waals surface area (Å²) in [5.74, 6) is -1.01. The zero-order valence-electron chi connectivity index (χ0n) is 10.9. The molecule has 1 amide bonds. The van der Waals surface area contributed by atoms with Crippen LogP contribution in [0, 0.1) is 10.1 Å². The summed E-state index contributed by atoms with van der Waals surface area (Å²) in [6.07, 6.45) is -5.96. The molecule has 1 aromatic rings. The lowest BCUT2D eigenvalue weighted by atomic mass is 10.0. The van der Waals surface area contributed by atoms with E-state index in [-0.39, 0.29) is 23.4 Å². The fraction of sp³-hybridized carbons (Fsp3) is 0.600. The van der Waals surface area contributed by atoms with Gasteiger partial charge in [-0.15, -0.1) is 0 Å². The molecule has 118 valence electrons. The van der Waals surface area contributed by atoms with Gasteiger partial charge in [-0.1, -0.05) is 6.92 Å². The Bertz CT molecular complexity index is 529. The zero-order chi connectivity index (χ0) is 16.2. The maximum Gasteiger partial charge on any atom is 0.411 e. The number of nitrogens with two attached hydrogens (primary N) is 1. The largest absolute Gasteiger partial charge is 0.411 e. The molecule has 0 saturated heterocycles. The second kappa shape index (κ2) is 6.52. The minimum atomic E-state index is -4.65. The van der Waals surface area contributed by atoms with Crippen LogP contribution in [0.15, 0.2) is 0 Å². The van der Waals surface area contributed by atoms with Crippen LogP contribution in [0.5, 0.6) is 0 Å². The van der Waals surface area contributed by atoms with E-state index in [0.29, 0.717) is 0 Å². The maximum atomic E-state index is 12.2. The number of alkyl halides is 3. The molecule has 1 heterocycles. The Morgan fingerprint density at radius 2 is 2.19 bits per heavy atom. The number of aryl methyl sites for hydroxylation is 1. The summed E-state index contributed by atoms with van der Waals surface area (Å²) in [5, 5.41) is 16.6. The van der Waals surface area contributed by atoms with Crippen LogP contribution in [-0.4, -0.2) is 40.4 Å². The van der Waals surface area contributed by atoms with Crippen molar-refractivity contribution in [2.45, 2.75) is 25.6 Å². The molecule has 11 heteroatoms. The number of amides is 1. The number of nitrogens with zero attached hydrogens (tertiary/aromatic N) is 2. The number of hydrogen-bond acceptors (Lipinski definition) is 5. The van der Waals surface area contributed by atoms with Crippen LogP contribution in [0.3, 0.4) is 0 Å². The van der Waals surface area contributed by atoms with E-state index in [1.807, 2.05) is 0 Å². The van der Waals surface area contributed by atoms with Crippen molar-refractivity contribution in [3.05, 3.63) is 27.1 Å². The van der Waals surface area contributed by atoms with Gasteiger partial charge < -0.3 is 10.5 Å². The highest BCUT2D eigenvalue weighted by Crippen LogP contribution is 2.27. The van der Waals surface area contributed by atoms with Gasteiger partial charge in [0.05, 0.1) is 0 Å². The van der Waals surface area contributed by atoms with Gasteiger partial charge in [-0.3, -0.25) is 20.0 Å². The van der Waals surface area contributed by atoms with Gasteiger partial charge in [0.15, 0.2) is 11.8 Å². The van der Waals surface area contributed by atoms with Gasteiger partial charge in [0.1, 0.15) is 6.61 Å². The quantitative estimate of drug-likeness (QED) is 0.573. The molecule has 0 spiro atoms. The predicted octanol–water partition coefficient (Wildman–Crippen LogP) is 0.968. The number of H-pyrrole nitrogens is 1. The number of aromatic amines is 1. The molecule has 3 N–H and O–H groups in total. The normalized spacial score (nSPS) is 13.1. The van der Waals surface area contributed by atoms with Gasteiger partial charge in [0, 0.05) is 16.2 Å². The van der Waals surface area contributed by atoms with Crippen molar-refractivity contribution in [3.63, 3.8) is 0 Å². The number of hydrogen-bond donors (Lipinski definition) is 2. The third kappa shape index (κ3) is 4.70. The Morgan fingerprint density at radius 1 is 1.57 bits per heavy atom. The third-order valence-corrected chi connectivity index (χ3v) is 2.55. The summed E-state index contributed by atoms with van der Waals surface area (Å²) in [7, 11) is 0. The fourth-order valence-electron chi connectivity index (χ4n) is 1.75. The topological polar surface area (TPSA) is 124 Å². The molecule has 1 unspecified atom stereocenters. The smallest absolute Gasteiger partial charge is 0.364 e. The first-order valence-corrected chi connectivity index (χ1v) is 5.82. The molecule has 0 bridgehead atoms. The Kier molecular flexibility index (Phi) is 5.24. The number of aromatic nitrogens is 2. The average molecular weight is 310 g/mol. The molecule has 0 radical (unpaired) electrons. The number of carbonyl (C=O) groups is 1. The summed E-state index contributed by atoms with van der Waals surface area (Å²) in [5.41, 5.74) is 4.86. The predicted molar refractivity (Wildman–Crippen MR) is 63.1 cm³/mol.